The predicted molar refractivity (Wildman–Crippen MR) is 119 cm³/mol. The van der Waals surface area contributed by atoms with Crippen LogP contribution < -0.4 is 14.2 Å². The van der Waals surface area contributed by atoms with Gasteiger partial charge in [-0.15, -0.1) is 0 Å². The van der Waals surface area contributed by atoms with E-state index in [1.54, 1.807) is 4.90 Å². The molecule has 0 unspecified atom stereocenters. The first kappa shape index (κ1) is 23.1. The van der Waals surface area contributed by atoms with Gasteiger partial charge in [-0.2, -0.15) is 0 Å². The van der Waals surface area contributed by atoms with Gasteiger partial charge in [0, 0.05) is 19.6 Å². The van der Waals surface area contributed by atoms with Gasteiger partial charge in [-0.1, -0.05) is 17.7 Å². The molecule has 2 aromatic rings. The number of ether oxygens (including phenoxy) is 2. The number of carbonyl (C=O) groups excluding carboxylic acids is 1. The molecular weight excluding hydrogens is 416 g/mol. The fourth-order valence-corrected chi connectivity index (χ4v) is 4.71. The summed E-state index contributed by atoms with van der Waals surface area (Å²) >= 11 is 0. The number of amides is 1. The van der Waals surface area contributed by atoms with Gasteiger partial charge < -0.3 is 14.4 Å². The average molecular weight is 447 g/mol. The van der Waals surface area contributed by atoms with Crippen LogP contribution in [0.25, 0.3) is 0 Å². The second-order valence-corrected chi connectivity index (χ2v) is 9.50. The Labute approximate surface area is 184 Å². The second kappa shape index (κ2) is 10.2. The topological polar surface area (TPSA) is 84.9 Å². The number of hydrogen-bond donors (Lipinski definition) is 1. The van der Waals surface area contributed by atoms with E-state index in [-0.39, 0.29) is 29.5 Å². The van der Waals surface area contributed by atoms with Crippen molar-refractivity contribution < 1.29 is 22.7 Å². The number of rotatable bonds is 8. The first-order chi connectivity index (χ1) is 14.8. The van der Waals surface area contributed by atoms with Crippen LogP contribution in [0, 0.1) is 13.8 Å². The third-order valence-electron chi connectivity index (χ3n) is 5.34. The van der Waals surface area contributed by atoms with Gasteiger partial charge in [0.25, 0.3) is 5.91 Å². The largest absolute Gasteiger partial charge is 0.496 e. The predicted octanol–water partition coefficient (Wildman–Crippen LogP) is 3.30. The van der Waals surface area contributed by atoms with Gasteiger partial charge in [-0.25, -0.2) is 13.1 Å². The molecule has 1 aliphatic heterocycles. The van der Waals surface area contributed by atoms with Gasteiger partial charge in [0.05, 0.1) is 17.6 Å². The monoisotopic (exact) mass is 446 g/mol. The molecule has 0 spiro atoms. The highest BCUT2D eigenvalue weighted by Gasteiger charge is 2.24. The second-order valence-electron chi connectivity index (χ2n) is 7.73. The zero-order valence-electron chi connectivity index (χ0n) is 18.3. The number of piperidine rings is 1. The molecule has 3 rings (SSSR count). The Morgan fingerprint density at radius 1 is 1.03 bits per heavy atom. The average Bonchev–Trinajstić information content (AvgIpc) is 2.77. The van der Waals surface area contributed by atoms with Gasteiger partial charge in [-0.05, 0) is 62.9 Å². The Morgan fingerprint density at radius 2 is 1.74 bits per heavy atom. The molecule has 7 nitrogen and oxygen atoms in total. The molecule has 2 aromatic carbocycles. The Balaban J connectivity index is 1.68. The van der Waals surface area contributed by atoms with Crippen LogP contribution in [-0.4, -0.2) is 52.6 Å². The number of sulfonamides is 1. The van der Waals surface area contributed by atoms with Crippen LogP contribution >= 0.6 is 0 Å². The van der Waals surface area contributed by atoms with E-state index in [1.165, 1.54) is 25.3 Å². The first-order valence-corrected chi connectivity index (χ1v) is 12.0. The number of methoxy groups -OCH3 is 1. The summed E-state index contributed by atoms with van der Waals surface area (Å²) in [6.07, 6.45) is 3.01. The first-order valence-electron chi connectivity index (χ1n) is 10.5. The quantitative estimate of drug-likeness (QED) is 0.629. The lowest BCUT2D eigenvalue weighted by molar-refractivity contribution is 0.0720. The number of benzene rings is 2. The number of likely N-dealkylation sites (tertiary alicyclic amines) is 1. The maximum Gasteiger partial charge on any atom is 0.257 e. The van der Waals surface area contributed by atoms with E-state index in [2.05, 4.69) is 4.72 Å². The normalized spacial score (nSPS) is 14.4. The summed E-state index contributed by atoms with van der Waals surface area (Å²) in [5.41, 5.74) is 2.40. The third kappa shape index (κ3) is 5.77. The van der Waals surface area contributed by atoms with Gasteiger partial charge in [-0.3, -0.25) is 4.79 Å². The van der Waals surface area contributed by atoms with Crippen molar-refractivity contribution in [2.24, 2.45) is 0 Å². The molecule has 1 fully saturated rings. The van der Waals surface area contributed by atoms with Crippen molar-refractivity contribution in [2.75, 3.05) is 33.4 Å². The Kier molecular flexibility index (Phi) is 7.56. The molecule has 0 saturated carbocycles. The van der Waals surface area contributed by atoms with E-state index in [0.717, 1.165) is 36.1 Å². The molecule has 1 heterocycles. The standard InChI is InChI=1S/C23H30N2O5S/c1-17-7-9-21(18(2)15-17)30-14-11-24-31(27,28)19-8-10-22(29-3)20(16-19)23(26)25-12-5-4-6-13-25/h7-10,15-16,24H,4-6,11-14H2,1-3H3. The molecule has 1 saturated heterocycles. The SMILES string of the molecule is COc1ccc(S(=O)(=O)NCCOc2ccc(C)cc2C)cc1C(=O)N1CCCCC1. The zero-order valence-corrected chi connectivity index (χ0v) is 19.1. The van der Waals surface area contributed by atoms with E-state index >= 15 is 0 Å². The lowest BCUT2D eigenvalue weighted by Crippen LogP contribution is -2.36. The summed E-state index contributed by atoms with van der Waals surface area (Å²) in [7, 11) is -2.33. The van der Waals surface area contributed by atoms with Crippen molar-refractivity contribution in [1.82, 2.24) is 9.62 Å². The number of aryl methyl sites for hydroxylation is 2. The fraction of sp³-hybridized carbons (Fsp3) is 0.435. The van der Waals surface area contributed by atoms with E-state index in [4.69, 9.17) is 9.47 Å². The summed E-state index contributed by atoms with van der Waals surface area (Å²) in [5, 5.41) is 0. The fourth-order valence-electron chi connectivity index (χ4n) is 3.67. The third-order valence-corrected chi connectivity index (χ3v) is 6.80. The maximum absolute atomic E-state index is 12.9. The maximum atomic E-state index is 12.9. The smallest absolute Gasteiger partial charge is 0.257 e. The summed E-state index contributed by atoms with van der Waals surface area (Å²) in [4.78, 5) is 14.7. The van der Waals surface area contributed by atoms with E-state index < -0.39 is 10.0 Å². The zero-order chi connectivity index (χ0) is 22.4. The van der Waals surface area contributed by atoms with Crippen molar-refractivity contribution in [3.8, 4) is 11.5 Å². The molecule has 1 N–H and O–H groups in total. The molecule has 8 heteroatoms. The van der Waals surface area contributed by atoms with Gasteiger partial charge in [0.1, 0.15) is 18.1 Å². The molecule has 0 radical (unpaired) electrons. The summed E-state index contributed by atoms with van der Waals surface area (Å²) in [5.74, 6) is 0.892. The number of nitrogens with zero attached hydrogens (tertiary/aromatic N) is 1. The number of hydrogen-bond acceptors (Lipinski definition) is 5. The minimum Gasteiger partial charge on any atom is -0.496 e. The van der Waals surface area contributed by atoms with Crippen LogP contribution in [-0.2, 0) is 10.0 Å². The number of carbonyl (C=O) groups is 1. The molecule has 0 atom stereocenters. The molecule has 31 heavy (non-hydrogen) atoms. The molecule has 1 aliphatic rings. The highest BCUT2D eigenvalue weighted by atomic mass is 32.2. The van der Waals surface area contributed by atoms with Crippen molar-refractivity contribution in [3.05, 3.63) is 53.1 Å². The van der Waals surface area contributed by atoms with Crippen LogP contribution in [0.2, 0.25) is 0 Å². The van der Waals surface area contributed by atoms with Gasteiger partial charge in [0.15, 0.2) is 0 Å². The molecule has 0 bridgehead atoms. The minimum atomic E-state index is -3.80. The van der Waals surface area contributed by atoms with Crippen LogP contribution in [0.15, 0.2) is 41.3 Å². The summed E-state index contributed by atoms with van der Waals surface area (Å²) < 4.78 is 39.1. The minimum absolute atomic E-state index is 0.0279. The molecular formula is C23H30N2O5S. The molecule has 0 aliphatic carbocycles. The van der Waals surface area contributed by atoms with Gasteiger partial charge >= 0.3 is 0 Å². The molecule has 168 valence electrons. The van der Waals surface area contributed by atoms with E-state index in [0.29, 0.717) is 18.8 Å². The van der Waals surface area contributed by atoms with Crippen LogP contribution in [0.3, 0.4) is 0 Å². The van der Waals surface area contributed by atoms with Gasteiger partial charge in [0.2, 0.25) is 10.0 Å². The van der Waals surface area contributed by atoms with Crippen LogP contribution in [0.5, 0.6) is 11.5 Å². The molecule has 1 amide bonds. The number of nitrogens with one attached hydrogen (secondary N) is 1. The van der Waals surface area contributed by atoms with Crippen molar-refractivity contribution in [2.45, 2.75) is 38.0 Å². The lowest BCUT2D eigenvalue weighted by Gasteiger charge is -2.27. The lowest BCUT2D eigenvalue weighted by atomic mass is 10.1. The van der Waals surface area contributed by atoms with E-state index in [1.807, 2.05) is 32.0 Å². The van der Waals surface area contributed by atoms with Crippen molar-refractivity contribution in [1.29, 1.82) is 0 Å². The Morgan fingerprint density at radius 3 is 2.42 bits per heavy atom. The van der Waals surface area contributed by atoms with Crippen LogP contribution in [0.4, 0.5) is 0 Å². The van der Waals surface area contributed by atoms with Crippen LogP contribution in [0.1, 0.15) is 40.7 Å². The Hall–Kier alpha value is -2.58. The Bertz CT molecular complexity index is 1030. The van der Waals surface area contributed by atoms with Crippen molar-refractivity contribution in [3.63, 3.8) is 0 Å². The van der Waals surface area contributed by atoms with Crippen molar-refractivity contribution >= 4 is 15.9 Å². The highest BCUT2D eigenvalue weighted by Crippen LogP contribution is 2.25. The highest BCUT2D eigenvalue weighted by molar-refractivity contribution is 7.89. The molecule has 0 aromatic heterocycles. The summed E-state index contributed by atoms with van der Waals surface area (Å²) in [6, 6.07) is 10.2. The summed E-state index contributed by atoms with van der Waals surface area (Å²) in [6.45, 7) is 5.60. The van der Waals surface area contributed by atoms with E-state index in [9.17, 15) is 13.2 Å².